The lowest BCUT2D eigenvalue weighted by Gasteiger charge is -2.30. The number of amides is 2. The number of benzene rings is 1. The van der Waals surface area contributed by atoms with Crippen molar-refractivity contribution in [3.8, 4) is 5.75 Å². The van der Waals surface area contributed by atoms with E-state index in [9.17, 15) is 9.59 Å². The topological polar surface area (TPSA) is 72.6 Å². The molecular formula is C12H13ClN2O3. The van der Waals surface area contributed by atoms with Gasteiger partial charge in [-0.15, -0.1) is 0 Å². The molecule has 0 atom stereocenters. The highest BCUT2D eigenvalue weighted by atomic mass is 35.5. The predicted octanol–water partition coefficient (Wildman–Crippen LogP) is 1.17. The second-order valence-electron chi connectivity index (χ2n) is 4.21. The lowest BCUT2D eigenvalue weighted by atomic mass is 10.1. The van der Waals surface area contributed by atoms with Crippen LogP contribution in [0.15, 0.2) is 6.07 Å². The van der Waals surface area contributed by atoms with Gasteiger partial charge >= 0.3 is 0 Å². The summed E-state index contributed by atoms with van der Waals surface area (Å²) in [6, 6.07) is 1.76. The molecule has 0 saturated carbocycles. The average Bonchev–Trinajstić information content (AvgIpc) is 2.29. The molecule has 2 rings (SSSR count). The van der Waals surface area contributed by atoms with Crippen LogP contribution < -0.4 is 15.4 Å². The molecule has 18 heavy (non-hydrogen) atoms. The van der Waals surface area contributed by atoms with Crippen LogP contribution >= 0.6 is 11.6 Å². The van der Waals surface area contributed by atoms with Crippen LogP contribution in [0.2, 0.25) is 5.02 Å². The number of hydrogen-bond acceptors (Lipinski definition) is 3. The SMILES string of the molecule is Cc1cc2c(c(C)c1Cl)N(CC(N)=O)C(=O)CO2. The number of rotatable bonds is 2. The maximum atomic E-state index is 11.8. The Kier molecular flexibility index (Phi) is 3.17. The molecule has 96 valence electrons. The van der Waals surface area contributed by atoms with Gasteiger partial charge in [0, 0.05) is 5.02 Å². The van der Waals surface area contributed by atoms with Crippen LogP contribution in [-0.2, 0) is 9.59 Å². The number of carbonyl (C=O) groups is 2. The van der Waals surface area contributed by atoms with Gasteiger partial charge in [0.15, 0.2) is 6.61 Å². The molecule has 1 aromatic carbocycles. The first-order chi connectivity index (χ1) is 8.41. The second-order valence-corrected chi connectivity index (χ2v) is 4.59. The van der Waals surface area contributed by atoms with Crippen LogP contribution in [0.4, 0.5) is 5.69 Å². The molecule has 1 aliphatic heterocycles. The molecular weight excluding hydrogens is 256 g/mol. The zero-order valence-corrected chi connectivity index (χ0v) is 10.9. The fraction of sp³-hybridized carbons (Fsp3) is 0.333. The van der Waals surface area contributed by atoms with Gasteiger partial charge < -0.3 is 10.5 Å². The van der Waals surface area contributed by atoms with E-state index in [0.29, 0.717) is 22.0 Å². The number of carbonyl (C=O) groups excluding carboxylic acids is 2. The molecule has 0 aromatic heterocycles. The van der Waals surface area contributed by atoms with E-state index >= 15 is 0 Å². The van der Waals surface area contributed by atoms with Crippen molar-refractivity contribution in [2.24, 2.45) is 5.73 Å². The molecule has 1 aromatic rings. The monoisotopic (exact) mass is 268 g/mol. The highest BCUT2D eigenvalue weighted by Gasteiger charge is 2.29. The van der Waals surface area contributed by atoms with E-state index in [-0.39, 0.29) is 19.1 Å². The Morgan fingerprint density at radius 3 is 2.83 bits per heavy atom. The average molecular weight is 269 g/mol. The van der Waals surface area contributed by atoms with E-state index < -0.39 is 5.91 Å². The number of aryl methyl sites for hydroxylation is 1. The summed E-state index contributed by atoms with van der Waals surface area (Å²) < 4.78 is 5.36. The Morgan fingerprint density at radius 2 is 2.22 bits per heavy atom. The number of nitrogens with two attached hydrogens (primary N) is 1. The van der Waals surface area contributed by atoms with Gasteiger partial charge in [-0.3, -0.25) is 14.5 Å². The van der Waals surface area contributed by atoms with Gasteiger partial charge in [-0.2, -0.15) is 0 Å². The number of nitrogens with zero attached hydrogens (tertiary/aromatic N) is 1. The summed E-state index contributed by atoms with van der Waals surface area (Å²) in [5.74, 6) is -0.327. The summed E-state index contributed by atoms with van der Waals surface area (Å²) >= 11 is 6.15. The van der Waals surface area contributed by atoms with E-state index in [1.807, 2.05) is 6.92 Å². The third-order valence-corrected chi connectivity index (χ3v) is 3.43. The lowest BCUT2D eigenvalue weighted by molar-refractivity contribution is -0.124. The molecule has 2 amide bonds. The summed E-state index contributed by atoms with van der Waals surface area (Å²) in [6.45, 7) is 3.37. The van der Waals surface area contributed by atoms with E-state index in [4.69, 9.17) is 22.1 Å². The number of halogens is 1. The molecule has 0 saturated heterocycles. The molecule has 2 N–H and O–H groups in total. The van der Waals surface area contributed by atoms with Crippen molar-refractivity contribution >= 4 is 29.1 Å². The van der Waals surface area contributed by atoms with Gasteiger partial charge in [-0.25, -0.2) is 0 Å². The molecule has 0 radical (unpaired) electrons. The van der Waals surface area contributed by atoms with Gasteiger partial charge in [-0.1, -0.05) is 11.6 Å². The Morgan fingerprint density at radius 1 is 1.56 bits per heavy atom. The van der Waals surface area contributed by atoms with E-state index in [1.165, 1.54) is 4.90 Å². The van der Waals surface area contributed by atoms with E-state index in [2.05, 4.69) is 0 Å². The molecule has 0 aliphatic carbocycles. The normalized spacial score (nSPS) is 14.2. The van der Waals surface area contributed by atoms with Crippen LogP contribution in [0.1, 0.15) is 11.1 Å². The molecule has 0 bridgehead atoms. The van der Waals surface area contributed by atoms with Gasteiger partial charge in [0.1, 0.15) is 12.3 Å². The summed E-state index contributed by atoms with van der Waals surface area (Å²) in [7, 11) is 0. The third-order valence-electron chi connectivity index (χ3n) is 2.85. The van der Waals surface area contributed by atoms with Crippen LogP contribution in [0.3, 0.4) is 0 Å². The summed E-state index contributed by atoms with van der Waals surface area (Å²) in [4.78, 5) is 24.2. The minimum atomic E-state index is -0.577. The van der Waals surface area contributed by atoms with Crippen molar-refractivity contribution in [2.45, 2.75) is 13.8 Å². The molecule has 0 unspecified atom stereocenters. The number of fused-ring (bicyclic) bond motifs is 1. The first-order valence-corrected chi connectivity index (χ1v) is 5.80. The van der Waals surface area contributed by atoms with Gasteiger partial charge in [0.25, 0.3) is 5.91 Å². The highest BCUT2D eigenvalue weighted by Crippen LogP contribution is 2.40. The van der Waals surface area contributed by atoms with Crippen LogP contribution in [0.5, 0.6) is 5.75 Å². The van der Waals surface area contributed by atoms with Crippen molar-refractivity contribution in [3.05, 3.63) is 22.2 Å². The summed E-state index contributed by atoms with van der Waals surface area (Å²) in [5.41, 5.74) is 7.25. The number of anilines is 1. The first-order valence-electron chi connectivity index (χ1n) is 5.43. The van der Waals surface area contributed by atoms with Crippen molar-refractivity contribution in [3.63, 3.8) is 0 Å². The Balaban J connectivity index is 2.58. The zero-order chi connectivity index (χ0) is 13.4. The quantitative estimate of drug-likeness (QED) is 0.875. The molecule has 1 heterocycles. The van der Waals surface area contributed by atoms with Crippen molar-refractivity contribution in [1.82, 2.24) is 0 Å². The molecule has 1 aliphatic rings. The minimum absolute atomic E-state index is 0.0964. The van der Waals surface area contributed by atoms with Crippen LogP contribution in [0, 0.1) is 13.8 Å². The Hall–Kier alpha value is -1.75. The van der Waals surface area contributed by atoms with E-state index in [1.54, 1.807) is 13.0 Å². The fourth-order valence-corrected chi connectivity index (χ4v) is 2.17. The third kappa shape index (κ3) is 2.01. The Labute approximate surface area is 109 Å². The summed E-state index contributed by atoms with van der Waals surface area (Å²) in [6.07, 6.45) is 0. The molecule has 6 heteroatoms. The Bertz CT molecular complexity index is 543. The molecule has 5 nitrogen and oxygen atoms in total. The maximum Gasteiger partial charge on any atom is 0.265 e. The van der Waals surface area contributed by atoms with Gasteiger partial charge in [-0.05, 0) is 31.0 Å². The fourth-order valence-electron chi connectivity index (χ4n) is 2.02. The number of ether oxygens (including phenoxy) is 1. The smallest absolute Gasteiger partial charge is 0.265 e. The maximum absolute atomic E-state index is 11.8. The van der Waals surface area contributed by atoms with Crippen molar-refractivity contribution in [1.29, 1.82) is 0 Å². The standard InChI is InChI=1S/C12H13ClN2O3/c1-6-3-8-12(7(2)11(6)13)15(4-9(14)16)10(17)5-18-8/h3H,4-5H2,1-2H3,(H2,14,16). The molecule has 0 fully saturated rings. The van der Waals surface area contributed by atoms with Crippen molar-refractivity contribution in [2.75, 3.05) is 18.1 Å². The van der Waals surface area contributed by atoms with E-state index in [0.717, 1.165) is 5.56 Å². The highest BCUT2D eigenvalue weighted by molar-refractivity contribution is 6.32. The summed E-state index contributed by atoms with van der Waals surface area (Å²) in [5, 5.41) is 0.557. The van der Waals surface area contributed by atoms with Gasteiger partial charge in [0.05, 0.1) is 5.69 Å². The molecule has 0 spiro atoms. The predicted molar refractivity (Wildman–Crippen MR) is 68.0 cm³/mol. The number of hydrogen-bond donors (Lipinski definition) is 1. The van der Waals surface area contributed by atoms with Crippen molar-refractivity contribution < 1.29 is 14.3 Å². The zero-order valence-electron chi connectivity index (χ0n) is 10.1. The van der Waals surface area contributed by atoms with Crippen LogP contribution in [0.25, 0.3) is 0 Å². The number of primary amides is 1. The van der Waals surface area contributed by atoms with Crippen LogP contribution in [-0.4, -0.2) is 25.0 Å². The minimum Gasteiger partial charge on any atom is -0.482 e. The largest absolute Gasteiger partial charge is 0.482 e. The van der Waals surface area contributed by atoms with Gasteiger partial charge in [0.2, 0.25) is 5.91 Å². The lowest BCUT2D eigenvalue weighted by Crippen LogP contribution is -2.44. The first kappa shape index (κ1) is 12.7. The second kappa shape index (κ2) is 4.49.